The first-order valence-electron chi connectivity index (χ1n) is 5.37. The summed E-state index contributed by atoms with van der Waals surface area (Å²) < 4.78 is 0. The standard InChI is InChI=1S/C12H16N2O/c1-10(15)12-4-6-14(9-12)8-11-3-2-5-13-7-11/h2-3,5,7,12H,4,6,8-9H2,1H3. The van der Waals surface area contributed by atoms with Gasteiger partial charge in [0.05, 0.1) is 0 Å². The van der Waals surface area contributed by atoms with E-state index in [2.05, 4.69) is 16.0 Å². The van der Waals surface area contributed by atoms with Gasteiger partial charge in [-0.2, -0.15) is 0 Å². The van der Waals surface area contributed by atoms with Gasteiger partial charge in [-0.05, 0) is 31.5 Å². The fourth-order valence-corrected chi connectivity index (χ4v) is 2.06. The number of hydrogen-bond acceptors (Lipinski definition) is 3. The molecule has 80 valence electrons. The van der Waals surface area contributed by atoms with E-state index in [1.165, 1.54) is 5.56 Å². The van der Waals surface area contributed by atoms with E-state index >= 15 is 0 Å². The molecule has 1 aliphatic rings. The van der Waals surface area contributed by atoms with Gasteiger partial charge in [0, 0.05) is 31.4 Å². The van der Waals surface area contributed by atoms with Crippen molar-refractivity contribution in [3.63, 3.8) is 0 Å². The van der Waals surface area contributed by atoms with Crippen molar-refractivity contribution in [1.82, 2.24) is 9.88 Å². The van der Waals surface area contributed by atoms with E-state index in [0.29, 0.717) is 5.78 Å². The smallest absolute Gasteiger partial charge is 0.134 e. The number of ketones is 1. The van der Waals surface area contributed by atoms with Gasteiger partial charge in [-0.1, -0.05) is 6.07 Å². The van der Waals surface area contributed by atoms with Crippen molar-refractivity contribution in [2.24, 2.45) is 5.92 Å². The van der Waals surface area contributed by atoms with Crippen molar-refractivity contribution in [2.45, 2.75) is 19.9 Å². The highest BCUT2D eigenvalue weighted by Gasteiger charge is 2.25. The number of pyridine rings is 1. The van der Waals surface area contributed by atoms with Crippen LogP contribution in [0.25, 0.3) is 0 Å². The van der Waals surface area contributed by atoms with Crippen LogP contribution in [-0.2, 0) is 11.3 Å². The maximum atomic E-state index is 11.2. The van der Waals surface area contributed by atoms with Crippen molar-refractivity contribution < 1.29 is 4.79 Å². The number of carbonyl (C=O) groups is 1. The first kappa shape index (κ1) is 10.3. The molecule has 1 atom stereocenters. The van der Waals surface area contributed by atoms with Gasteiger partial charge in [0.15, 0.2) is 0 Å². The van der Waals surface area contributed by atoms with Gasteiger partial charge in [-0.15, -0.1) is 0 Å². The SMILES string of the molecule is CC(=O)C1CCN(Cc2cccnc2)C1. The van der Waals surface area contributed by atoms with Gasteiger partial charge in [0.2, 0.25) is 0 Å². The zero-order chi connectivity index (χ0) is 10.7. The Morgan fingerprint density at radius 2 is 2.53 bits per heavy atom. The topological polar surface area (TPSA) is 33.2 Å². The molecule has 0 saturated carbocycles. The lowest BCUT2D eigenvalue weighted by molar-refractivity contribution is -0.120. The molecule has 1 fully saturated rings. The summed E-state index contributed by atoms with van der Waals surface area (Å²) in [7, 11) is 0. The molecule has 3 nitrogen and oxygen atoms in total. The monoisotopic (exact) mass is 204 g/mol. The molecule has 1 aromatic rings. The third-order valence-electron chi connectivity index (χ3n) is 2.98. The molecule has 1 unspecified atom stereocenters. The largest absolute Gasteiger partial charge is 0.300 e. The molecule has 0 spiro atoms. The maximum absolute atomic E-state index is 11.2. The van der Waals surface area contributed by atoms with Gasteiger partial charge in [-0.3, -0.25) is 14.7 Å². The predicted octanol–water partition coefficient (Wildman–Crippen LogP) is 1.49. The molecular weight excluding hydrogens is 188 g/mol. The van der Waals surface area contributed by atoms with Crippen LogP contribution in [0, 0.1) is 5.92 Å². The van der Waals surface area contributed by atoms with Crippen molar-refractivity contribution in [3.8, 4) is 0 Å². The first-order valence-corrected chi connectivity index (χ1v) is 5.37. The van der Waals surface area contributed by atoms with Crippen LogP contribution in [0.1, 0.15) is 18.9 Å². The lowest BCUT2D eigenvalue weighted by Crippen LogP contribution is -2.22. The number of likely N-dealkylation sites (tertiary alicyclic amines) is 1. The second-order valence-corrected chi connectivity index (χ2v) is 4.19. The van der Waals surface area contributed by atoms with Crippen molar-refractivity contribution in [3.05, 3.63) is 30.1 Å². The van der Waals surface area contributed by atoms with Crippen LogP contribution < -0.4 is 0 Å². The molecule has 1 aliphatic heterocycles. The highest BCUT2D eigenvalue weighted by Crippen LogP contribution is 2.18. The van der Waals surface area contributed by atoms with Crippen LogP contribution in [-0.4, -0.2) is 28.8 Å². The molecule has 0 amide bonds. The van der Waals surface area contributed by atoms with Crippen LogP contribution in [0.5, 0.6) is 0 Å². The highest BCUT2D eigenvalue weighted by atomic mass is 16.1. The minimum absolute atomic E-state index is 0.252. The molecular formula is C12H16N2O. The second-order valence-electron chi connectivity index (χ2n) is 4.19. The lowest BCUT2D eigenvalue weighted by Gasteiger charge is -2.14. The van der Waals surface area contributed by atoms with Crippen LogP contribution in [0.2, 0.25) is 0 Å². The van der Waals surface area contributed by atoms with E-state index in [-0.39, 0.29) is 5.92 Å². The zero-order valence-corrected chi connectivity index (χ0v) is 9.02. The summed E-state index contributed by atoms with van der Waals surface area (Å²) in [5.74, 6) is 0.574. The Hall–Kier alpha value is -1.22. The van der Waals surface area contributed by atoms with Gasteiger partial charge < -0.3 is 0 Å². The predicted molar refractivity (Wildman–Crippen MR) is 58.3 cm³/mol. The van der Waals surface area contributed by atoms with E-state index in [9.17, 15) is 4.79 Å². The van der Waals surface area contributed by atoms with E-state index in [0.717, 1.165) is 26.1 Å². The number of aromatic nitrogens is 1. The molecule has 0 bridgehead atoms. The maximum Gasteiger partial charge on any atom is 0.134 e. The Morgan fingerprint density at radius 1 is 1.67 bits per heavy atom. The minimum Gasteiger partial charge on any atom is -0.300 e. The highest BCUT2D eigenvalue weighted by molar-refractivity contribution is 5.78. The van der Waals surface area contributed by atoms with E-state index in [4.69, 9.17) is 0 Å². The van der Waals surface area contributed by atoms with Crippen molar-refractivity contribution in [2.75, 3.05) is 13.1 Å². The Balaban J connectivity index is 1.90. The Kier molecular flexibility index (Phi) is 3.11. The van der Waals surface area contributed by atoms with Crippen LogP contribution in [0.4, 0.5) is 0 Å². The minimum atomic E-state index is 0.252. The third-order valence-corrected chi connectivity index (χ3v) is 2.98. The van der Waals surface area contributed by atoms with Gasteiger partial charge in [0.25, 0.3) is 0 Å². The quantitative estimate of drug-likeness (QED) is 0.748. The summed E-state index contributed by atoms with van der Waals surface area (Å²) in [5, 5.41) is 0. The Bertz CT molecular complexity index is 337. The summed E-state index contributed by atoms with van der Waals surface area (Å²) in [6.07, 6.45) is 4.68. The summed E-state index contributed by atoms with van der Waals surface area (Å²) in [6.45, 7) is 4.54. The molecule has 0 aromatic carbocycles. The molecule has 2 rings (SSSR count). The first-order chi connectivity index (χ1) is 7.25. The van der Waals surface area contributed by atoms with Crippen LogP contribution >= 0.6 is 0 Å². The average Bonchev–Trinajstić information content (AvgIpc) is 2.68. The van der Waals surface area contributed by atoms with Gasteiger partial charge in [0.1, 0.15) is 5.78 Å². The summed E-state index contributed by atoms with van der Waals surface area (Å²) in [6, 6.07) is 4.03. The van der Waals surface area contributed by atoms with E-state index in [1.807, 2.05) is 12.3 Å². The number of rotatable bonds is 3. The molecule has 0 radical (unpaired) electrons. The van der Waals surface area contributed by atoms with Crippen molar-refractivity contribution in [1.29, 1.82) is 0 Å². The number of nitrogens with zero attached hydrogens (tertiary/aromatic N) is 2. The fraction of sp³-hybridized carbons (Fsp3) is 0.500. The third kappa shape index (κ3) is 2.63. The Morgan fingerprint density at radius 3 is 3.13 bits per heavy atom. The number of carbonyl (C=O) groups excluding carboxylic acids is 1. The summed E-state index contributed by atoms with van der Waals surface area (Å²) in [5.41, 5.74) is 1.22. The van der Waals surface area contributed by atoms with E-state index in [1.54, 1.807) is 13.1 Å². The number of Topliss-reactive ketones (excluding diaryl/α,β-unsaturated/α-hetero) is 1. The lowest BCUT2D eigenvalue weighted by atomic mass is 10.1. The molecule has 0 N–H and O–H groups in total. The van der Waals surface area contributed by atoms with Gasteiger partial charge in [-0.25, -0.2) is 0 Å². The molecule has 15 heavy (non-hydrogen) atoms. The van der Waals surface area contributed by atoms with Crippen LogP contribution in [0.15, 0.2) is 24.5 Å². The van der Waals surface area contributed by atoms with Gasteiger partial charge >= 0.3 is 0 Å². The van der Waals surface area contributed by atoms with Crippen LogP contribution in [0.3, 0.4) is 0 Å². The fourth-order valence-electron chi connectivity index (χ4n) is 2.06. The summed E-state index contributed by atoms with van der Waals surface area (Å²) in [4.78, 5) is 17.6. The molecule has 1 saturated heterocycles. The number of hydrogen-bond donors (Lipinski definition) is 0. The molecule has 3 heteroatoms. The van der Waals surface area contributed by atoms with E-state index < -0.39 is 0 Å². The molecule has 0 aliphatic carbocycles. The zero-order valence-electron chi connectivity index (χ0n) is 9.02. The molecule has 1 aromatic heterocycles. The second kappa shape index (κ2) is 4.53. The summed E-state index contributed by atoms with van der Waals surface area (Å²) >= 11 is 0. The van der Waals surface area contributed by atoms with Crippen molar-refractivity contribution >= 4 is 5.78 Å². The molecule has 2 heterocycles. The normalized spacial score (nSPS) is 21.8. The Labute approximate surface area is 90.1 Å². The average molecular weight is 204 g/mol.